The molecule has 2 aromatic rings. The van der Waals surface area contributed by atoms with Crippen molar-refractivity contribution >= 4 is 17.1 Å². The van der Waals surface area contributed by atoms with Gasteiger partial charge in [0.2, 0.25) is 0 Å². The highest BCUT2D eigenvalue weighted by atomic mass is 15.2. The maximum Gasteiger partial charge on any atom is 0.0671 e. The molecule has 5 rings (SSSR count). The fraction of sp³-hybridized carbons (Fsp3) is 0.381. The number of fused-ring (bicyclic) bond motifs is 6. The lowest BCUT2D eigenvalue weighted by Gasteiger charge is -2.47. The third-order valence-corrected chi connectivity index (χ3v) is 6.16. The van der Waals surface area contributed by atoms with Gasteiger partial charge in [-0.05, 0) is 61.9 Å². The van der Waals surface area contributed by atoms with E-state index in [0.717, 1.165) is 6.42 Å². The summed E-state index contributed by atoms with van der Waals surface area (Å²) in [6, 6.07) is 16.3. The maximum atomic E-state index is 4.97. The fourth-order valence-electron chi connectivity index (χ4n) is 5.14. The van der Waals surface area contributed by atoms with Crippen LogP contribution in [0.2, 0.25) is 0 Å². The molecule has 2 unspecified atom stereocenters. The summed E-state index contributed by atoms with van der Waals surface area (Å²) in [5, 5.41) is 0. The zero-order valence-electron chi connectivity index (χ0n) is 13.8. The van der Waals surface area contributed by atoms with Gasteiger partial charge >= 0.3 is 0 Å². The molecule has 3 heterocycles. The van der Waals surface area contributed by atoms with Crippen LogP contribution >= 0.6 is 0 Å². The van der Waals surface area contributed by atoms with Gasteiger partial charge in [-0.3, -0.25) is 4.99 Å². The molecule has 0 bridgehead atoms. The molecular formula is C21H22N2. The number of hydrogen-bond acceptors (Lipinski definition) is 2. The van der Waals surface area contributed by atoms with Crippen LogP contribution in [0.4, 0.5) is 11.4 Å². The Morgan fingerprint density at radius 2 is 2.00 bits per heavy atom. The number of hydrogen-bond donors (Lipinski definition) is 0. The molecule has 23 heavy (non-hydrogen) atoms. The Hall–Kier alpha value is -2.09. The van der Waals surface area contributed by atoms with Crippen LogP contribution in [0, 0.1) is 6.92 Å². The Labute approximate surface area is 137 Å². The van der Waals surface area contributed by atoms with Crippen molar-refractivity contribution in [1.82, 2.24) is 0 Å². The van der Waals surface area contributed by atoms with E-state index in [-0.39, 0.29) is 5.41 Å². The van der Waals surface area contributed by atoms with Gasteiger partial charge in [-0.2, -0.15) is 0 Å². The molecule has 116 valence electrons. The van der Waals surface area contributed by atoms with E-state index in [1.54, 1.807) is 0 Å². The third-order valence-electron chi connectivity index (χ3n) is 6.16. The van der Waals surface area contributed by atoms with Crippen LogP contribution < -0.4 is 4.90 Å². The molecule has 2 atom stereocenters. The summed E-state index contributed by atoms with van der Waals surface area (Å²) in [5.74, 6) is 0. The molecule has 1 saturated heterocycles. The molecule has 0 aliphatic carbocycles. The summed E-state index contributed by atoms with van der Waals surface area (Å²) in [6.07, 6.45) is 3.65. The minimum absolute atomic E-state index is 0.0787. The first-order valence-corrected chi connectivity index (χ1v) is 8.71. The van der Waals surface area contributed by atoms with E-state index < -0.39 is 0 Å². The third kappa shape index (κ3) is 1.61. The molecule has 1 spiro atoms. The lowest BCUT2D eigenvalue weighted by molar-refractivity contribution is 0.433. The van der Waals surface area contributed by atoms with Gasteiger partial charge in [-0.1, -0.05) is 30.3 Å². The van der Waals surface area contributed by atoms with Crippen LogP contribution in [0.15, 0.2) is 47.5 Å². The number of nitrogens with zero attached hydrogens (tertiary/aromatic N) is 2. The average molecular weight is 302 g/mol. The van der Waals surface area contributed by atoms with E-state index in [9.17, 15) is 0 Å². The monoisotopic (exact) mass is 302 g/mol. The standard InChI is InChI=1S/C21H22N2/c1-14-9-10-16-13-21(20-8-5-11-23(20)19(16)12-14)15(2)22-18-7-4-3-6-17(18)21/h3-4,6-7,9-10,12,20H,5,8,11,13H2,1-2H3. The van der Waals surface area contributed by atoms with Crippen molar-refractivity contribution in [2.24, 2.45) is 4.99 Å². The molecule has 1 fully saturated rings. The predicted molar refractivity (Wildman–Crippen MR) is 96.1 cm³/mol. The second-order valence-electron chi connectivity index (χ2n) is 7.35. The van der Waals surface area contributed by atoms with Gasteiger partial charge in [0, 0.05) is 24.0 Å². The van der Waals surface area contributed by atoms with Gasteiger partial charge in [0.05, 0.1) is 11.1 Å². The molecule has 0 N–H and O–H groups in total. The molecular weight excluding hydrogens is 280 g/mol. The quantitative estimate of drug-likeness (QED) is 0.696. The van der Waals surface area contributed by atoms with Crippen molar-refractivity contribution < 1.29 is 0 Å². The second-order valence-corrected chi connectivity index (χ2v) is 7.35. The van der Waals surface area contributed by atoms with Crippen molar-refractivity contribution in [3.05, 3.63) is 59.2 Å². The fourth-order valence-corrected chi connectivity index (χ4v) is 5.14. The molecule has 0 radical (unpaired) electrons. The number of aryl methyl sites for hydroxylation is 1. The Bertz CT molecular complexity index is 835. The minimum atomic E-state index is 0.0787. The molecule has 2 nitrogen and oxygen atoms in total. The number of para-hydroxylation sites is 1. The van der Waals surface area contributed by atoms with Gasteiger partial charge < -0.3 is 4.90 Å². The Morgan fingerprint density at radius 3 is 2.91 bits per heavy atom. The first kappa shape index (κ1) is 13.4. The molecule has 2 heteroatoms. The predicted octanol–water partition coefficient (Wildman–Crippen LogP) is 4.56. The summed E-state index contributed by atoms with van der Waals surface area (Å²) in [6.45, 7) is 5.63. The van der Waals surface area contributed by atoms with Gasteiger partial charge in [0.25, 0.3) is 0 Å². The van der Waals surface area contributed by atoms with E-state index in [1.807, 2.05) is 0 Å². The van der Waals surface area contributed by atoms with Crippen molar-refractivity contribution in [1.29, 1.82) is 0 Å². The number of anilines is 1. The summed E-state index contributed by atoms with van der Waals surface area (Å²) >= 11 is 0. The zero-order chi connectivity index (χ0) is 15.6. The summed E-state index contributed by atoms with van der Waals surface area (Å²) in [7, 11) is 0. The smallest absolute Gasteiger partial charge is 0.0671 e. The molecule has 3 aliphatic heterocycles. The average Bonchev–Trinajstić information content (AvgIpc) is 3.14. The summed E-state index contributed by atoms with van der Waals surface area (Å²) in [5.41, 5.74) is 8.34. The molecule has 0 saturated carbocycles. The first-order chi connectivity index (χ1) is 11.2. The van der Waals surface area contributed by atoms with Gasteiger partial charge in [-0.25, -0.2) is 0 Å². The van der Waals surface area contributed by atoms with Crippen molar-refractivity contribution in [2.45, 2.75) is 44.6 Å². The van der Waals surface area contributed by atoms with E-state index in [0.29, 0.717) is 6.04 Å². The maximum absolute atomic E-state index is 4.97. The summed E-state index contributed by atoms with van der Waals surface area (Å²) in [4.78, 5) is 7.64. The molecule has 0 amide bonds. The van der Waals surface area contributed by atoms with Gasteiger partial charge in [0.1, 0.15) is 0 Å². The number of rotatable bonds is 0. The Balaban J connectivity index is 1.77. The topological polar surface area (TPSA) is 15.6 Å². The highest BCUT2D eigenvalue weighted by molar-refractivity contribution is 6.02. The van der Waals surface area contributed by atoms with E-state index in [2.05, 4.69) is 61.2 Å². The van der Waals surface area contributed by atoms with Crippen LogP contribution in [0.5, 0.6) is 0 Å². The van der Waals surface area contributed by atoms with Crippen LogP contribution in [0.3, 0.4) is 0 Å². The van der Waals surface area contributed by atoms with Crippen LogP contribution in [0.1, 0.15) is 36.5 Å². The highest BCUT2D eigenvalue weighted by Crippen LogP contribution is 2.53. The summed E-state index contributed by atoms with van der Waals surface area (Å²) < 4.78 is 0. The van der Waals surface area contributed by atoms with Gasteiger partial charge in [0.15, 0.2) is 0 Å². The van der Waals surface area contributed by atoms with Crippen molar-refractivity contribution in [3.63, 3.8) is 0 Å². The Morgan fingerprint density at radius 1 is 1.13 bits per heavy atom. The van der Waals surface area contributed by atoms with E-state index >= 15 is 0 Å². The largest absolute Gasteiger partial charge is 0.367 e. The van der Waals surface area contributed by atoms with Crippen LogP contribution in [-0.4, -0.2) is 18.3 Å². The van der Waals surface area contributed by atoms with Crippen LogP contribution in [0.25, 0.3) is 0 Å². The van der Waals surface area contributed by atoms with E-state index in [4.69, 9.17) is 4.99 Å². The Kier molecular flexibility index (Phi) is 2.60. The number of aliphatic imine (C=N–C) groups is 1. The minimum Gasteiger partial charge on any atom is -0.367 e. The van der Waals surface area contributed by atoms with Crippen LogP contribution in [-0.2, 0) is 11.8 Å². The molecule has 0 aromatic heterocycles. The second kappa shape index (κ2) is 4.47. The lowest BCUT2D eigenvalue weighted by atomic mass is 9.65. The normalized spacial score (nSPS) is 27.7. The highest BCUT2D eigenvalue weighted by Gasteiger charge is 2.53. The van der Waals surface area contributed by atoms with Crippen molar-refractivity contribution in [2.75, 3.05) is 11.4 Å². The lowest BCUT2D eigenvalue weighted by Crippen LogP contribution is -2.55. The van der Waals surface area contributed by atoms with Crippen molar-refractivity contribution in [3.8, 4) is 0 Å². The molecule has 2 aromatic carbocycles. The molecule has 3 aliphatic rings. The van der Waals surface area contributed by atoms with E-state index in [1.165, 1.54) is 53.2 Å². The zero-order valence-corrected chi connectivity index (χ0v) is 13.8. The van der Waals surface area contributed by atoms with Gasteiger partial charge in [-0.15, -0.1) is 0 Å². The SMILES string of the molecule is CC1=Nc2ccccc2C12Cc1ccc(C)cc1N1CCCC12. The first-order valence-electron chi connectivity index (χ1n) is 8.71. The number of benzene rings is 2.